The Morgan fingerprint density at radius 2 is 2.11 bits per heavy atom. The molecule has 0 N–H and O–H groups in total. The van der Waals surface area contributed by atoms with Gasteiger partial charge < -0.3 is 4.90 Å². The zero-order valence-corrected chi connectivity index (χ0v) is 11.9. The molecule has 104 valence electrons. The number of carbonyl (C=O) groups is 1. The molecular formula is C12H18N4O2S. The minimum Gasteiger partial charge on any atom is -0.341 e. The Bertz CT molecular complexity index is 544. The fraction of sp³-hybridized carbons (Fsp3) is 0.750. The van der Waals surface area contributed by atoms with Crippen LogP contribution in [-0.2, 0) is 24.8 Å². The molecule has 0 saturated carbocycles. The number of aryl methyl sites for hydroxylation is 2. The van der Waals surface area contributed by atoms with Crippen molar-refractivity contribution in [2.24, 2.45) is 13.0 Å². The highest BCUT2D eigenvalue weighted by atomic mass is 32.2. The number of hydrogen-bond donors (Lipinski definition) is 0. The first kappa shape index (κ1) is 12.8. The van der Waals surface area contributed by atoms with Crippen molar-refractivity contribution < 1.29 is 4.79 Å². The van der Waals surface area contributed by atoms with Gasteiger partial charge in [-0.3, -0.25) is 9.36 Å². The molecule has 1 aromatic heterocycles. The van der Waals surface area contributed by atoms with E-state index in [1.165, 1.54) is 4.68 Å². The zero-order valence-electron chi connectivity index (χ0n) is 11.0. The molecule has 0 radical (unpaired) electrons. The van der Waals surface area contributed by atoms with Crippen LogP contribution >= 0.6 is 11.8 Å². The van der Waals surface area contributed by atoms with E-state index in [1.807, 2.05) is 16.7 Å². The maximum Gasteiger partial charge on any atom is 0.345 e. The summed E-state index contributed by atoms with van der Waals surface area (Å²) in [4.78, 5) is 26.3. The van der Waals surface area contributed by atoms with Crippen LogP contribution in [0.2, 0.25) is 0 Å². The van der Waals surface area contributed by atoms with Crippen molar-refractivity contribution in [2.45, 2.75) is 19.4 Å². The van der Waals surface area contributed by atoms with Gasteiger partial charge in [0.05, 0.1) is 5.92 Å². The quantitative estimate of drug-likeness (QED) is 0.711. The number of carbonyl (C=O) groups excluding carboxylic acids is 1. The first-order valence-electron chi connectivity index (χ1n) is 6.66. The van der Waals surface area contributed by atoms with E-state index in [4.69, 9.17) is 0 Å². The van der Waals surface area contributed by atoms with E-state index >= 15 is 0 Å². The predicted molar refractivity (Wildman–Crippen MR) is 73.2 cm³/mol. The molecule has 1 unspecified atom stereocenters. The van der Waals surface area contributed by atoms with Crippen molar-refractivity contribution in [3.05, 3.63) is 16.3 Å². The lowest BCUT2D eigenvalue weighted by atomic mass is 9.98. The molecule has 0 bridgehead atoms. The van der Waals surface area contributed by atoms with Gasteiger partial charge in [-0.25, -0.2) is 9.48 Å². The molecule has 2 aliphatic heterocycles. The molecule has 1 atom stereocenters. The van der Waals surface area contributed by atoms with E-state index in [-0.39, 0.29) is 17.5 Å². The Hall–Kier alpha value is -1.24. The number of hydrogen-bond acceptors (Lipinski definition) is 4. The normalized spacial score (nSPS) is 23.2. The smallest absolute Gasteiger partial charge is 0.341 e. The Balaban J connectivity index is 1.76. The van der Waals surface area contributed by atoms with Crippen molar-refractivity contribution >= 4 is 17.7 Å². The summed E-state index contributed by atoms with van der Waals surface area (Å²) in [6.07, 6.45) is 1.52. The van der Waals surface area contributed by atoms with Gasteiger partial charge in [0.1, 0.15) is 5.82 Å². The van der Waals surface area contributed by atoms with Crippen molar-refractivity contribution in [1.82, 2.24) is 19.2 Å². The summed E-state index contributed by atoms with van der Waals surface area (Å²) < 4.78 is 3.02. The third-order valence-electron chi connectivity index (χ3n) is 3.88. The average Bonchev–Trinajstić information content (AvgIpc) is 2.74. The van der Waals surface area contributed by atoms with E-state index < -0.39 is 0 Å². The second-order valence-electron chi connectivity index (χ2n) is 5.11. The van der Waals surface area contributed by atoms with Gasteiger partial charge in [0.25, 0.3) is 0 Å². The third kappa shape index (κ3) is 2.31. The van der Waals surface area contributed by atoms with Gasteiger partial charge in [-0.15, -0.1) is 0 Å². The molecule has 1 fully saturated rings. The van der Waals surface area contributed by atoms with Gasteiger partial charge >= 0.3 is 5.69 Å². The molecule has 7 heteroatoms. The molecule has 1 aromatic rings. The van der Waals surface area contributed by atoms with E-state index in [9.17, 15) is 9.59 Å². The first-order chi connectivity index (χ1) is 9.16. The second-order valence-corrected chi connectivity index (χ2v) is 6.33. The Morgan fingerprint density at radius 1 is 1.37 bits per heavy atom. The van der Waals surface area contributed by atoms with Gasteiger partial charge in [0, 0.05) is 44.6 Å². The van der Waals surface area contributed by atoms with Crippen molar-refractivity contribution in [1.29, 1.82) is 0 Å². The molecule has 0 aromatic carbocycles. The monoisotopic (exact) mass is 282 g/mol. The number of thioether (sulfide) groups is 1. The predicted octanol–water partition coefficient (Wildman–Crippen LogP) is -0.280. The fourth-order valence-corrected chi connectivity index (χ4v) is 3.69. The topological polar surface area (TPSA) is 60.1 Å². The summed E-state index contributed by atoms with van der Waals surface area (Å²) >= 11 is 1.89. The molecule has 1 saturated heterocycles. The molecular weight excluding hydrogens is 264 g/mol. The second kappa shape index (κ2) is 5.03. The number of amides is 1. The molecule has 0 spiro atoms. The third-order valence-corrected chi connectivity index (χ3v) is 4.82. The van der Waals surface area contributed by atoms with Crippen molar-refractivity contribution in [2.75, 3.05) is 24.6 Å². The van der Waals surface area contributed by atoms with E-state index in [0.29, 0.717) is 6.54 Å². The SMILES string of the molecule is Cn1nc2n(c1=O)CC(C(=O)N1CCSCC1)CC2. The van der Waals surface area contributed by atoms with Crippen LogP contribution < -0.4 is 5.69 Å². The summed E-state index contributed by atoms with van der Waals surface area (Å²) in [5.74, 6) is 3.01. The molecule has 0 aliphatic carbocycles. The summed E-state index contributed by atoms with van der Waals surface area (Å²) in [5, 5.41) is 4.20. The van der Waals surface area contributed by atoms with Gasteiger partial charge in [0.15, 0.2) is 0 Å². The molecule has 3 heterocycles. The lowest BCUT2D eigenvalue weighted by molar-refractivity contribution is -0.136. The van der Waals surface area contributed by atoms with Crippen molar-refractivity contribution in [3.8, 4) is 0 Å². The minimum absolute atomic E-state index is 0.0579. The highest BCUT2D eigenvalue weighted by molar-refractivity contribution is 7.99. The van der Waals surface area contributed by atoms with Gasteiger partial charge in [-0.1, -0.05) is 0 Å². The molecule has 1 amide bonds. The number of nitrogens with zero attached hydrogens (tertiary/aromatic N) is 4. The van der Waals surface area contributed by atoms with Crippen molar-refractivity contribution in [3.63, 3.8) is 0 Å². The standard InChI is InChI=1S/C12H18N4O2S/c1-14-12(18)16-8-9(2-3-10(16)13-14)11(17)15-4-6-19-7-5-15/h9H,2-8H2,1H3. The Morgan fingerprint density at radius 3 is 2.84 bits per heavy atom. The summed E-state index contributed by atoms with van der Waals surface area (Å²) in [5.41, 5.74) is -0.110. The molecule has 6 nitrogen and oxygen atoms in total. The van der Waals surface area contributed by atoms with Gasteiger partial charge in [0.2, 0.25) is 5.91 Å². The van der Waals surface area contributed by atoms with Crippen LogP contribution in [0.15, 0.2) is 4.79 Å². The molecule has 2 aliphatic rings. The number of rotatable bonds is 1. The number of fused-ring (bicyclic) bond motifs is 1. The Kier molecular flexibility index (Phi) is 3.38. The highest BCUT2D eigenvalue weighted by Gasteiger charge is 2.31. The number of aromatic nitrogens is 3. The van der Waals surface area contributed by atoms with Crippen LogP contribution in [0.3, 0.4) is 0 Å². The summed E-state index contributed by atoms with van der Waals surface area (Å²) in [6.45, 7) is 2.17. The summed E-state index contributed by atoms with van der Waals surface area (Å²) in [6, 6.07) is 0. The first-order valence-corrected chi connectivity index (χ1v) is 7.81. The van der Waals surface area contributed by atoms with Crippen LogP contribution in [0.25, 0.3) is 0 Å². The maximum atomic E-state index is 12.5. The largest absolute Gasteiger partial charge is 0.345 e. The summed E-state index contributed by atoms with van der Waals surface area (Å²) in [7, 11) is 1.66. The zero-order chi connectivity index (χ0) is 13.4. The van der Waals surface area contributed by atoms with Crippen LogP contribution in [-0.4, -0.2) is 49.7 Å². The lowest BCUT2D eigenvalue weighted by Gasteiger charge is -2.31. The van der Waals surface area contributed by atoms with E-state index in [2.05, 4.69) is 5.10 Å². The lowest BCUT2D eigenvalue weighted by Crippen LogP contribution is -2.44. The Labute approximate surface area is 115 Å². The highest BCUT2D eigenvalue weighted by Crippen LogP contribution is 2.21. The van der Waals surface area contributed by atoms with E-state index in [0.717, 1.165) is 43.3 Å². The van der Waals surface area contributed by atoms with Crippen LogP contribution in [0.4, 0.5) is 0 Å². The maximum absolute atomic E-state index is 12.5. The fourth-order valence-electron chi connectivity index (χ4n) is 2.78. The minimum atomic E-state index is -0.110. The van der Waals surface area contributed by atoms with Gasteiger partial charge in [-0.05, 0) is 6.42 Å². The molecule has 3 rings (SSSR count). The van der Waals surface area contributed by atoms with E-state index in [1.54, 1.807) is 11.6 Å². The van der Waals surface area contributed by atoms with Crippen LogP contribution in [0.1, 0.15) is 12.2 Å². The molecule has 19 heavy (non-hydrogen) atoms. The van der Waals surface area contributed by atoms with Gasteiger partial charge in [-0.2, -0.15) is 16.9 Å². The van der Waals surface area contributed by atoms with Crippen LogP contribution in [0, 0.1) is 5.92 Å². The average molecular weight is 282 g/mol. The van der Waals surface area contributed by atoms with Crippen LogP contribution in [0.5, 0.6) is 0 Å².